The predicted octanol–water partition coefficient (Wildman–Crippen LogP) is 0.390. The minimum atomic E-state index is -3.96. The third-order valence-corrected chi connectivity index (χ3v) is 5.36. The van der Waals surface area contributed by atoms with E-state index in [-0.39, 0.29) is 15.5 Å². The first kappa shape index (κ1) is 19.0. The quantitative estimate of drug-likeness (QED) is 0.659. The van der Waals surface area contributed by atoms with Crippen molar-refractivity contribution in [2.75, 3.05) is 11.9 Å². The van der Waals surface area contributed by atoms with Crippen molar-refractivity contribution in [3.05, 3.63) is 54.3 Å². The van der Waals surface area contributed by atoms with E-state index in [9.17, 15) is 26.0 Å². The average Bonchev–Trinajstić information content (AvgIpc) is 2.53. The van der Waals surface area contributed by atoms with E-state index in [0.29, 0.717) is 0 Å². The van der Waals surface area contributed by atoms with Crippen LogP contribution in [0.4, 0.5) is 10.1 Å². The summed E-state index contributed by atoms with van der Waals surface area (Å²) in [4.78, 5) is 11.5. The maximum atomic E-state index is 12.8. The Bertz CT molecular complexity index is 972. The summed E-state index contributed by atoms with van der Waals surface area (Å²) in [6.45, 7) is -0.559. The molecule has 2 aromatic carbocycles. The molecule has 1 amide bonds. The summed E-state index contributed by atoms with van der Waals surface area (Å²) in [5, 5.41) is 7.35. The summed E-state index contributed by atoms with van der Waals surface area (Å²) < 4.78 is 61.1. The highest BCUT2D eigenvalue weighted by Gasteiger charge is 2.15. The van der Waals surface area contributed by atoms with Crippen molar-refractivity contribution >= 4 is 31.6 Å². The number of halogens is 1. The fourth-order valence-corrected chi connectivity index (χ4v) is 3.29. The number of carbonyl (C=O) groups is 1. The van der Waals surface area contributed by atoms with Gasteiger partial charge in [0.1, 0.15) is 5.82 Å². The molecule has 0 fully saturated rings. The first-order chi connectivity index (χ1) is 11.6. The second-order valence-electron chi connectivity index (χ2n) is 4.90. The maximum absolute atomic E-state index is 12.8. The van der Waals surface area contributed by atoms with Gasteiger partial charge in [0.2, 0.25) is 26.0 Å². The van der Waals surface area contributed by atoms with Gasteiger partial charge in [-0.15, -0.1) is 0 Å². The summed E-state index contributed by atoms with van der Waals surface area (Å²) in [7, 11) is -7.81. The third kappa shape index (κ3) is 5.32. The van der Waals surface area contributed by atoms with Gasteiger partial charge in [-0.25, -0.2) is 31.1 Å². The van der Waals surface area contributed by atoms with E-state index in [0.717, 1.165) is 24.3 Å². The van der Waals surface area contributed by atoms with Gasteiger partial charge in [-0.1, -0.05) is 0 Å². The van der Waals surface area contributed by atoms with Gasteiger partial charge in [0.15, 0.2) is 0 Å². The molecule has 11 heteroatoms. The fourth-order valence-electron chi connectivity index (χ4n) is 1.79. The number of benzene rings is 2. The second-order valence-corrected chi connectivity index (χ2v) is 8.22. The molecule has 0 spiro atoms. The lowest BCUT2D eigenvalue weighted by Crippen LogP contribution is -2.32. The standard InChI is InChI=1S/C14H14FN3O5S2/c15-10-1-5-13(6-2-10)25(22,23)17-9-14(19)18-11-3-7-12(8-4-11)24(16,20)21/h1-8,17H,9H2,(H,18,19)(H2,16,20,21). The van der Waals surface area contributed by atoms with E-state index in [1.165, 1.54) is 24.3 Å². The lowest BCUT2D eigenvalue weighted by Gasteiger charge is -2.08. The zero-order valence-corrected chi connectivity index (χ0v) is 14.3. The van der Waals surface area contributed by atoms with E-state index < -0.39 is 38.3 Å². The van der Waals surface area contributed by atoms with E-state index in [1.54, 1.807) is 0 Å². The number of anilines is 1. The van der Waals surface area contributed by atoms with E-state index in [4.69, 9.17) is 5.14 Å². The van der Waals surface area contributed by atoms with Gasteiger partial charge in [-0.05, 0) is 48.5 Å². The van der Waals surface area contributed by atoms with Crippen LogP contribution in [0.5, 0.6) is 0 Å². The van der Waals surface area contributed by atoms with Crippen LogP contribution in [0.15, 0.2) is 58.3 Å². The topological polar surface area (TPSA) is 135 Å². The number of nitrogens with two attached hydrogens (primary N) is 1. The Kier molecular flexibility index (Phi) is 5.52. The number of primary sulfonamides is 1. The predicted molar refractivity (Wildman–Crippen MR) is 88.0 cm³/mol. The van der Waals surface area contributed by atoms with Crippen LogP contribution >= 0.6 is 0 Å². The molecule has 0 atom stereocenters. The zero-order chi connectivity index (χ0) is 18.7. The monoisotopic (exact) mass is 387 g/mol. The summed E-state index contributed by atoms with van der Waals surface area (Å²) in [6.07, 6.45) is 0. The molecule has 4 N–H and O–H groups in total. The number of nitrogens with one attached hydrogen (secondary N) is 2. The van der Waals surface area contributed by atoms with Gasteiger partial charge in [0.25, 0.3) is 0 Å². The minimum Gasteiger partial charge on any atom is -0.325 e. The molecule has 25 heavy (non-hydrogen) atoms. The van der Waals surface area contributed by atoms with Crippen LogP contribution in [0.2, 0.25) is 0 Å². The second kappa shape index (κ2) is 7.27. The first-order valence-electron chi connectivity index (χ1n) is 6.76. The molecule has 134 valence electrons. The molecule has 0 aliphatic carbocycles. The zero-order valence-electron chi connectivity index (χ0n) is 12.6. The molecular weight excluding hydrogens is 373 g/mol. The smallest absolute Gasteiger partial charge is 0.241 e. The average molecular weight is 387 g/mol. The van der Waals surface area contributed by atoms with Crippen molar-refractivity contribution in [1.82, 2.24) is 4.72 Å². The largest absolute Gasteiger partial charge is 0.325 e. The van der Waals surface area contributed by atoms with Crippen molar-refractivity contribution in [3.8, 4) is 0 Å². The highest BCUT2D eigenvalue weighted by molar-refractivity contribution is 7.89. The van der Waals surface area contributed by atoms with E-state index in [2.05, 4.69) is 10.0 Å². The van der Waals surface area contributed by atoms with Crippen molar-refractivity contribution in [2.24, 2.45) is 5.14 Å². The highest BCUT2D eigenvalue weighted by atomic mass is 32.2. The SMILES string of the molecule is NS(=O)(=O)c1ccc(NC(=O)CNS(=O)(=O)c2ccc(F)cc2)cc1. The lowest BCUT2D eigenvalue weighted by molar-refractivity contribution is -0.115. The molecule has 0 radical (unpaired) electrons. The molecule has 0 aliphatic rings. The number of hydrogen-bond acceptors (Lipinski definition) is 5. The summed E-state index contributed by atoms with van der Waals surface area (Å²) in [5.41, 5.74) is 0.262. The Balaban J connectivity index is 1.97. The molecule has 0 bridgehead atoms. The van der Waals surface area contributed by atoms with Gasteiger partial charge in [0.05, 0.1) is 16.3 Å². The van der Waals surface area contributed by atoms with Gasteiger partial charge >= 0.3 is 0 Å². The molecular formula is C14H14FN3O5S2. The Morgan fingerprint density at radius 3 is 1.96 bits per heavy atom. The Labute approximate surface area is 144 Å². The first-order valence-corrected chi connectivity index (χ1v) is 9.79. The van der Waals surface area contributed by atoms with Crippen LogP contribution in [0.25, 0.3) is 0 Å². The molecule has 0 aromatic heterocycles. The maximum Gasteiger partial charge on any atom is 0.241 e. The summed E-state index contributed by atoms with van der Waals surface area (Å²) in [6, 6.07) is 9.14. The molecule has 8 nitrogen and oxygen atoms in total. The molecule has 0 aliphatic heterocycles. The van der Waals surface area contributed by atoms with Crippen molar-refractivity contribution < 1.29 is 26.0 Å². The number of carbonyl (C=O) groups excluding carboxylic acids is 1. The number of amides is 1. The molecule has 0 unspecified atom stereocenters. The van der Waals surface area contributed by atoms with Gasteiger partial charge in [-0.3, -0.25) is 4.79 Å². The number of hydrogen-bond donors (Lipinski definition) is 3. The van der Waals surface area contributed by atoms with Gasteiger partial charge < -0.3 is 5.32 Å². The fraction of sp³-hybridized carbons (Fsp3) is 0.0714. The molecule has 2 rings (SSSR count). The molecule has 0 saturated heterocycles. The van der Waals surface area contributed by atoms with Crippen LogP contribution < -0.4 is 15.2 Å². The molecule has 0 saturated carbocycles. The van der Waals surface area contributed by atoms with Crippen LogP contribution in [0.1, 0.15) is 0 Å². The van der Waals surface area contributed by atoms with Crippen LogP contribution in [-0.2, 0) is 24.8 Å². The molecule has 0 heterocycles. The van der Waals surface area contributed by atoms with Gasteiger partial charge in [0, 0.05) is 5.69 Å². The van der Waals surface area contributed by atoms with E-state index in [1.807, 2.05) is 0 Å². The Morgan fingerprint density at radius 1 is 0.920 bits per heavy atom. The van der Waals surface area contributed by atoms with Crippen LogP contribution in [-0.4, -0.2) is 29.3 Å². The molecule has 2 aromatic rings. The van der Waals surface area contributed by atoms with Crippen molar-refractivity contribution in [1.29, 1.82) is 0 Å². The van der Waals surface area contributed by atoms with Crippen molar-refractivity contribution in [2.45, 2.75) is 9.79 Å². The number of rotatable bonds is 6. The summed E-state index contributed by atoms with van der Waals surface area (Å²) >= 11 is 0. The highest BCUT2D eigenvalue weighted by Crippen LogP contribution is 2.13. The Hall–Kier alpha value is -2.34. The van der Waals surface area contributed by atoms with E-state index >= 15 is 0 Å². The van der Waals surface area contributed by atoms with Crippen molar-refractivity contribution in [3.63, 3.8) is 0 Å². The summed E-state index contributed by atoms with van der Waals surface area (Å²) in [5.74, 6) is -1.26. The van der Waals surface area contributed by atoms with Crippen LogP contribution in [0, 0.1) is 5.82 Å². The van der Waals surface area contributed by atoms with Crippen LogP contribution in [0.3, 0.4) is 0 Å². The third-order valence-electron chi connectivity index (χ3n) is 3.01. The normalized spacial score (nSPS) is 11.9. The lowest BCUT2D eigenvalue weighted by atomic mass is 10.3. The Morgan fingerprint density at radius 2 is 1.44 bits per heavy atom. The number of sulfonamides is 2. The van der Waals surface area contributed by atoms with Gasteiger partial charge in [-0.2, -0.15) is 0 Å². The minimum absolute atomic E-state index is 0.123.